The third-order valence-electron chi connectivity index (χ3n) is 4.67. The lowest BCUT2D eigenvalue weighted by atomic mass is 9.95. The van der Waals surface area contributed by atoms with Crippen molar-refractivity contribution in [3.05, 3.63) is 70.7 Å². The van der Waals surface area contributed by atoms with E-state index >= 15 is 0 Å². The Kier molecular flexibility index (Phi) is 7.12. The molecular formula is C23H25FN2O5. The molecule has 2 aromatic rings. The number of allylic oxidation sites excluding steroid dienone is 1. The highest BCUT2D eigenvalue weighted by molar-refractivity contribution is 5.95. The van der Waals surface area contributed by atoms with E-state index in [1.165, 1.54) is 12.1 Å². The fraction of sp³-hybridized carbons (Fsp3) is 0.304. The summed E-state index contributed by atoms with van der Waals surface area (Å²) >= 11 is 0. The zero-order valence-electron chi connectivity index (χ0n) is 17.7. The van der Waals surface area contributed by atoms with Crippen LogP contribution in [0.15, 0.2) is 53.7 Å². The van der Waals surface area contributed by atoms with Crippen LogP contribution in [0.25, 0.3) is 0 Å². The largest absolute Gasteiger partial charge is 0.490 e. The Morgan fingerprint density at radius 2 is 1.77 bits per heavy atom. The molecule has 0 aromatic heterocycles. The zero-order chi connectivity index (χ0) is 22.4. The SMILES string of the molecule is CCOC(=O)C1=C(C)NC(=O)NC1c1ccc(OCc2ccc(F)cc2)c(OCC)c1. The van der Waals surface area contributed by atoms with Crippen LogP contribution in [0.4, 0.5) is 9.18 Å². The quantitative estimate of drug-likeness (QED) is 0.621. The average molecular weight is 428 g/mol. The second kappa shape index (κ2) is 9.97. The lowest BCUT2D eigenvalue weighted by Crippen LogP contribution is -2.45. The van der Waals surface area contributed by atoms with Gasteiger partial charge in [0.2, 0.25) is 0 Å². The van der Waals surface area contributed by atoms with Gasteiger partial charge in [0.15, 0.2) is 11.5 Å². The molecule has 2 amide bonds. The van der Waals surface area contributed by atoms with Crippen molar-refractivity contribution in [2.24, 2.45) is 0 Å². The summed E-state index contributed by atoms with van der Waals surface area (Å²) < 4.78 is 29.9. The van der Waals surface area contributed by atoms with Crippen molar-refractivity contribution in [1.82, 2.24) is 10.6 Å². The van der Waals surface area contributed by atoms with Crippen molar-refractivity contribution in [1.29, 1.82) is 0 Å². The summed E-state index contributed by atoms with van der Waals surface area (Å²) in [6.45, 7) is 6.07. The minimum absolute atomic E-state index is 0.219. The second-order valence-corrected chi connectivity index (χ2v) is 6.84. The van der Waals surface area contributed by atoms with Crippen molar-refractivity contribution in [2.75, 3.05) is 13.2 Å². The molecule has 8 heteroatoms. The molecule has 164 valence electrons. The molecule has 2 aromatic carbocycles. The minimum atomic E-state index is -0.696. The van der Waals surface area contributed by atoms with Crippen LogP contribution in [0, 0.1) is 5.82 Å². The molecule has 0 aliphatic carbocycles. The number of ether oxygens (including phenoxy) is 3. The third-order valence-corrected chi connectivity index (χ3v) is 4.67. The van der Waals surface area contributed by atoms with Gasteiger partial charge in [-0.1, -0.05) is 18.2 Å². The van der Waals surface area contributed by atoms with E-state index in [2.05, 4.69) is 10.6 Å². The number of hydrogen-bond donors (Lipinski definition) is 2. The van der Waals surface area contributed by atoms with E-state index < -0.39 is 18.0 Å². The lowest BCUT2D eigenvalue weighted by Gasteiger charge is -2.28. The predicted molar refractivity (Wildman–Crippen MR) is 112 cm³/mol. The number of hydrogen-bond acceptors (Lipinski definition) is 5. The minimum Gasteiger partial charge on any atom is -0.490 e. The van der Waals surface area contributed by atoms with Crippen LogP contribution in [0.3, 0.4) is 0 Å². The maximum atomic E-state index is 13.1. The number of rotatable bonds is 8. The Labute approximate surface area is 180 Å². The first kappa shape index (κ1) is 22.1. The highest BCUT2D eigenvalue weighted by Gasteiger charge is 2.32. The smallest absolute Gasteiger partial charge is 0.338 e. The number of esters is 1. The lowest BCUT2D eigenvalue weighted by molar-refractivity contribution is -0.139. The molecule has 1 aliphatic rings. The number of carbonyl (C=O) groups excluding carboxylic acids is 2. The van der Waals surface area contributed by atoms with Gasteiger partial charge in [0.1, 0.15) is 12.4 Å². The summed E-state index contributed by atoms with van der Waals surface area (Å²) in [6.07, 6.45) is 0. The van der Waals surface area contributed by atoms with Crippen LogP contribution in [0.5, 0.6) is 11.5 Å². The number of benzene rings is 2. The first-order chi connectivity index (χ1) is 14.9. The first-order valence-electron chi connectivity index (χ1n) is 10.0. The molecule has 0 saturated carbocycles. The van der Waals surface area contributed by atoms with E-state index in [4.69, 9.17) is 14.2 Å². The van der Waals surface area contributed by atoms with Crippen LogP contribution in [0.2, 0.25) is 0 Å². The Morgan fingerprint density at radius 1 is 1.03 bits per heavy atom. The van der Waals surface area contributed by atoms with Crippen molar-refractivity contribution >= 4 is 12.0 Å². The number of carbonyl (C=O) groups is 2. The monoisotopic (exact) mass is 428 g/mol. The summed E-state index contributed by atoms with van der Waals surface area (Å²) in [5, 5.41) is 5.37. The fourth-order valence-electron chi connectivity index (χ4n) is 3.26. The second-order valence-electron chi connectivity index (χ2n) is 6.84. The predicted octanol–water partition coefficient (Wildman–Crippen LogP) is 3.99. The molecule has 0 saturated heterocycles. The number of amides is 2. The molecule has 1 heterocycles. The molecule has 7 nitrogen and oxygen atoms in total. The Hall–Kier alpha value is -3.55. The molecule has 0 bridgehead atoms. The Balaban J connectivity index is 1.89. The average Bonchev–Trinajstić information content (AvgIpc) is 2.73. The number of urea groups is 1. The Morgan fingerprint density at radius 3 is 2.45 bits per heavy atom. The van der Waals surface area contributed by atoms with Crippen molar-refractivity contribution in [3.8, 4) is 11.5 Å². The van der Waals surface area contributed by atoms with Gasteiger partial charge < -0.3 is 24.8 Å². The van der Waals surface area contributed by atoms with Gasteiger partial charge in [-0.15, -0.1) is 0 Å². The van der Waals surface area contributed by atoms with Crippen LogP contribution < -0.4 is 20.1 Å². The van der Waals surface area contributed by atoms with Gasteiger partial charge in [0, 0.05) is 5.70 Å². The topological polar surface area (TPSA) is 85.9 Å². The van der Waals surface area contributed by atoms with E-state index in [0.717, 1.165) is 5.56 Å². The van der Waals surface area contributed by atoms with Gasteiger partial charge in [-0.05, 0) is 56.2 Å². The van der Waals surface area contributed by atoms with E-state index in [0.29, 0.717) is 34.9 Å². The summed E-state index contributed by atoms with van der Waals surface area (Å²) in [7, 11) is 0. The van der Waals surface area contributed by atoms with Crippen LogP contribution >= 0.6 is 0 Å². The summed E-state index contributed by atoms with van der Waals surface area (Å²) in [4.78, 5) is 24.6. The van der Waals surface area contributed by atoms with Crippen molar-refractivity contribution < 1.29 is 28.2 Å². The zero-order valence-corrected chi connectivity index (χ0v) is 17.7. The van der Waals surface area contributed by atoms with E-state index in [-0.39, 0.29) is 19.0 Å². The molecule has 1 atom stereocenters. The van der Waals surface area contributed by atoms with Gasteiger partial charge in [-0.2, -0.15) is 0 Å². The molecule has 0 spiro atoms. The van der Waals surface area contributed by atoms with E-state index in [9.17, 15) is 14.0 Å². The molecule has 2 N–H and O–H groups in total. The van der Waals surface area contributed by atoms with Crippen LogP contribution in [0.1, 0.15) is 37.9 Å². The van der Waals surface area contributed by atoms with Gasteiger partial charge in [-0.25, -0.2) is 14.0 Å². The normalized spacial score (nSPS) is 15.7. The third kappa shape index (κ3) is 5.33. The molecule has 1 aliphatic heterocycles. The molecule has 0 fully saturated rings. The Bertz CT molecular complexity index is 988. The number of nitrogens with one attached hydrogen (secondary N) is 2. The van der Waals surface area contributed by atoms with Gasteiger partial charge >= 0.3 is 12.0 Å². The van der Waals surface area contributed by atoms with Crippen LogP contribution in [-0.4, -0.2) is 25.2 Å². The molecular weight excluding hydrogens is 403 g/mol. The summed E-state index contributed by atoms with van der Waals surface area (Å²) in [5.74, 6) is 0.143. The highest BCUT2D eigenvalue weighted by atomic mass is 19.1. The highest BCUT2D eigenvalue weighted by Crippen LogP contribution is 2.35. The number of halogens is 1. The van der Waals surface area contributed by atoms with Crippen molar-refractivity contribution in [3.63, 3.8) is 0 Å². The maximum absolute atomic E-state index is 13.1. The molecule has 3 rings (SSSR count). The summed E-state index contributed by atoms with van der Waals surface area (Å²) in [6, 6.07) is 10.1. The van der Waals surface area contributed by atoms with Crippen molar-refractivity contribution in [2.45, 2.75) is 33.4 Å². The molecule has 31 heavy (non-hydrogen) atoms. The van der Waals surface area contributed by atoms with E-state index in [1.54, 1.807) is 44.2 Å². The maximum Gasteiger partial charge on any atom is 0.338 e. The van der Waals surface area contributed by atoms with Crippen LogP contribution in [-0.2, 0) is 16.1 Å². The van der Waals surface area contributed by atoms with E-state index in [1.807, 2.05) is 6.92 Å². The summed E-state index contributed by atoms with van der Waals surface area (Å²) in [5.41, 5.74) is 2.21. The fourth-order valence-corrected chi connectivity index (χ4v) is 3.26. The van der Waals surface area contributed by atoms with Gasteiger partial charge in [-0.3, -0.25) is 0 Å². The molecule has 1 unspecified atom stereocenters. The first-order valence-corrected chi connectivity index (χ1v) is 10.0. The van der Waals surface area contributed by atoms with Gasteiger partial charge in [0.05, 0.1) is 24.8 Å². The van der Waals surface area contributed by atoms with Gasteiger partial charge in [0.25, 0.3) is 0 Å². The standard InChI is InChI=1S/C23H25FN2O5/c1-4-29-19-12-16(8-11-18(19)31-13-15-6-9-17(24)10-7-15)21-20(22(27)30-5-2)14(3)25-23(28)26-21/h6-12,21H,4-5,13H2,1-3H3,(H2,25,26,28). The molecule has 0 radical (unpaired) electrons.